The Labute approximate surface area is 108 Å². The topological polar surface area (TPSA) is 84.1 Å². The fraction of sp³-hybridized carbons (Fsp3) is 0.545. The maximum Gasteiger partial charge on any atom is 0.243 e. The standard InChI is InChI=1S/C11H14N4O2S/c1-6-5-18-10(13-6)3-9-14-11(17-15-9)8-2-7(16)4-12-8/h5,7-8,12,16H,2-4H2,1H3/t7-,8+/m1/s1. The number of aromatic nitrogens is 3. The molecule has 96 valence electrons. The Kier molecular flexibility index (Phi) is 3.11. The summed E-state index contributed by atoms with van der Waals surface area (Å²) < 4.78 is 5.22. The van der Waals surface area contributed by atoms with E-state index in [-0.39, 0.29) is 12.1 Å². The second-order valence-corrected chi connectivity index (χ2v) is 5.40. The maximum atomic E-state index is 9.44. The highest BCUT2D eigenvalue weighted by Crippen LogP contribution is 2.22. The van der Waals surface area contributed by atoms with Gasteiger partial charge in [0, 0.05) is 17.6 Å². The molecule has 1 aliphatic heterocycles. The average Bonchev–Trinajstić information content (AvgIpc) is 3.01. The lowest BCUT2D eigenvalue weighted by Gasteiger charge is -2.01. The molecule has 2 aromatic rings. The summed E-state index contributed by atoms with van der Waals surface area (Å²) >= 11 is 1.60. The van der Waals surface area contributed by atoms with Gasteiger partial charge in [-0.15, -0.1) is 11.3 Å². The number of aliphatic hydroxyl groups excluding tert-OH is 1. The van der Waals surface area contributed by atoms with Crippen LogP contribution < -0.4 is 5.32 Å². The first-order valence-electron chi connectivity index (χ1n) is 5.85. The van der Waals surface area contributed by atoms with E-state index in [0.29, 0.717) is 31.1 Å². The SMILES string of the molecule is Cc1csc(Cc2noc([C@@H]3C[C@@H](O)CN3)n2)n1. The fourth-order valence-electron chi connectivity index (χ4n) is 2.01. The molecule has 6 nitrogen and oxygen atoms in total. The lowest BCUT2D eigenvalue weighted by atomic mass is 10.2. The second kappa shape index (κ2) is 4.75. The molecule has 3 rings (SSSR count). The Morgan fingerprint density at radius 2 is 2.44 bits per heavy atom. The molecule has 0 amide bonds. The third-order valence-electron chi connectivity index (χ3n) is 2.87. The smallest absolute Gasteiger partial charge is 0.243 e. The molecule has 2 aromatic heterocycles. The Bertz CT molecular complexity index is 539. The van der Waals surface area contributed by atoms with E-state index in [2.05, 4.69) is 20.4 Å². The van der Waals surface area contributed by atoms with Gasteiger partial charge in [-0.3, -0.25) is 0 Å². The van der Waals surface area contributed by atoms with Crippen LogP contribution in [0.25, 0.3) is 0 Å². The van der Waals surface area contributed by atoms with Crippen molar-refractivity contribution >= 4 is 11.3 Å². The van der Waals surface area contributed by atoms with Crippen molar-refractivity contribution < 1.29 is 9.63 Å². The van der Waals surface area contributed by atoms with Crippen molar-refractivity contribution in [2.24, 2.45) is 0 Å². The summed E-state index contributed by atoms with van der Waals surface area (Å²) in [7, 11) is 0. The van der Waals surface area contributed by atoms with Crippen LogP contribution >= 0.6 is 11.3 Å². The van der Waals surface area contributed by atoms with Gasteiger partial charge in [0.15, 0.2) is 5.82 Å². The molecule has 2 N–H and O–H groups in total. The van der Waals surface area contributed by atoms with Crippen LogP contribution in [-0.4, -0.2) is 32.9 Å². The van der Waals surface area contributed by atoms with Crippen molar-refractivity contribution in [1.29, 1.82) is 0 Å². The molecule has 0 radical (unpaired) electrons. The van der Waals surface area contributed by atoms with Gasteiger partial charge in [0.2, 0.25) is 5.89 Å². The van der Waals surface area contributed by atoms with Crippen molar-refractivity contribution in [2.45, 2.75) is 31.9 Å². The van der Waals surface area contributed by atoms with E-state index in [1.807, 2.05) is 12.3 Å². The third kappa shape index (κ3) is 2.43. The number of aryl methyl sites for hydroxylation is 1. The monoisotopic (exact) mass is 266 g/mol. The largest absolute Gasteiger partial charge is 0.392 e. The van der Waals surface area contributed by atoms with E-state index in [1.165, 1.54) is 0 Å². The maximum absolute atomic E-state index is 9.44. The molecule has 0 saturated carbocycles. The second-order valence-electron chi connectivity index (χ2n) is 4.46. The van der Waals surface area contributed by atoms with Crippen LogP contribution in [-0.2, 0) is 6.42 Å². The quantitative estimate of drug-likeness (QED) is 0.855. The predicted octanol–water partition coefficient (Wildman–Crippen LogP) is 0.821. The minimum Gasteiger partial charge on any atom is -0.392 e. The highest BCUT2D eigenvalue weighted by molar-refractivity contribution is 7.09. The minimum absolute atomic E-state index is 0.0284. The Balaban J connectivity index is 1.70. The summed E-state index contributed by atoms with van der Waals surface area (Å²) in [4.78, 5) is 8.71. The number of aliphatic hydroxyl groups is 1. The van der Waals surface area contributed by atoms with Gasteiger partial charge >= 0.3 is 0 Å². The first-order valence-corrected chi connectivity index (χ1v) is 6.73. The van der Waals surface area contributed by atoms with E-state index in [0.717, 1.165) is 10.7 Å². The molecule has 18 heavy (non-hydrogen) atoms. The average molecular weight is 266 g/mol. The molecule has 0 bridgehead atoms. The molecule has 1 aliphatic rings. The van der Waals surface area contributed by atoms with Gasteiger partial charge in [-0.2, -0.15) is 4.98 Å². The number of rotatable bonds is 3. The van der Waals surface area contributed by atoms with Crippen LogP contribution in [0.3, 0.4) is 0 Å². The summed E-state index contributed by atoms with van der Waals surface area (Å²) in [6, 6.07) is -0.0284. The van der Waals surface area contributed by atoms with Crippen LogP contribution in [0.15, 0.2) is 9.90 Å². The van der Waals surface area contributed by atoms with E-state index in [1.54, 1.807) is 11.3 Å². The van der Waals surface area contributed by atoms with Crippen molar-refractivity contribution in [1.82, 2.24) is 20.4 Å². The van der Waals surface area contributed by atoms with Crippen LogP contribution in [0, 0.1) is 6.92 Å². The van der Waals surface area contributed by atoms with Crippen LogP contribution in [0.5, 0.6) is 0 Å². The molecular formula is C11H14N4O2S. The zero-order chi connectivity index (χ0) is 12.5. The summed E-state index contributed by atoms with van der Waals surface area (Å²) in [5, 5.41) is 19.5. The van der Waals surface area contributed by atoms with Gasteiger partial charge in [-0.25, -0.2) is 4.98 Å². The zero-order valence-corrected chi connectivity index (χ0v) is 10.8. The van der Waals surface area contributed by atoms with Gasteiger partial charge in [0.05, 0.1) is 18.6 Å². The molecule has 1 saturated heterocycles. The molecule has 2 atom stereocenters. The summed E-state index contributed by atoms with van der Waals surface area (Å²) in [5.74, 6) is 1.19. The first kappa shape index (κ1) is 11.8. The minimum atomic E-state index is -0.327. The Morgan fingerprint density at radius 1 is 1.56 bits per heavy atom. The highest BCUT2D eigenvalue weighted by atomic mass is 32.1. The molecule has 7 heteroatoms. The molecule has 0 aliphatic carbocycles. The summed E-state index contributed by atoms with van der Waals surface area (Å²) in [5.41, 5.74) is 1.01. The number of hydrogen-bond donors (Lipinski definition) is 2. The van der Waals surface area contributed by atoms with Crippen molar-refractivity contribution in [2.75, 3.05) is 6.54 Å². The van der Waals surface area contributed by atoms with Crippen molar-refractivity contribution in [3.05, 3.63) is 27.8 Å². The number of β-amino-alcohol motifs (C(OH)–C–C–N with tert-alkyl or cyclic N) is 1. The van der Waals surface area contributed by atoms with Gasteiger partial charge in [0.25, 0.3) is 0 Å². The molecular weight excluding hydrogens is 252 g/mol. The Morgan fingerprint density at radius 3 is 3.11 bits per heavy atom. The van der Waals surface area contributed by atoms with Crippen LogP contribution in [0.2, 0.25) is 0 Å². The first-order chi connectivity index (χ1) is 8.70. The molecule has 1 fully saturated rings. The number of hydrogen-bond acceptors (Lipinski definition) is 7. The lowest BCUT2D eigenvalue weighted by Crippen LogP contribution is -2.15. The van der Waals surface area contributed by atoms with E-state index in [9.17, 15) is 5.11 Å². The van der Waals surface area contributed by atoms with Gasteiger partial charge < -0.3 is 14.9 Å². The van der Waals surface area contributed by atoms with E-state index < -0.39 is 0 Å². The lowest BCUT2D eigenvalue weighted by molar-refractivity contribution is 0.191. The van der Waals surface area contributed by atoms with Crippen molar-refractivity contribution in [3.63, 3.8) is 0 Å². The third-order valence-corrected chi connectivity index (χ3v) is 3.83. The number of thiazole rings is 1. The molecule has 0 unspecified atom stereocenters. The van der Waals surface area contributed by atoms with E-state index >= 15 is 0 Å². The van der Waals surface area contributed by atoms with Crippen LogP contribution in [0.4, 0.5) is 0 Å². The summed E-state index contributed by atoms with van der Waals surface area (Å²) in [6.07, 6.45) is 0.891. The normalized spacial score (nSPS) is 23.7. The fourth-order valence-corrected chi connectivity index (χ4v) is 2.77. The molecule has 3 heterocycles. The summed E-state index contributed by atoms with van der Waals surface area (Å²) in [6.45, 7) is 2.54. The van der Waals surface area contributed by atoms with Gasteiger partial charge in [-0.1, -0.05) is 5.16 Å². The highest BCUT2D eigenvalue weighted by Gasteiger charge is 2.28. The number of nitrogens with one attached hydrogen (secondary N) is 1. The van der Waals surface area contributed by atoms with Crippen LogP contribution in [0.1, 0.15) is 34.9 Å². The van der Waals surface area contributed by atoms with E-state index in [4.69, 9.17) is 4.52 Å². The molecule has 0 spiro atoms. The Hall–Kier alpha value is -1.31. The molecule has 0 aromatic carbocycles. The number of nitrogens with zero attached hydrogens (tertiary/aromatic N) is 3. The predicted molar refractivity (Wildman–Crippen MR) is 65.3 cm³/mol. The van der Waals surface area contributed by atoms with Gasteiger partial charge in [-0.05, 0) is 13.3 Å². The van der Waals surface area contributed by atoms with Gasteiger partial charge in [0.1, 0.15) is 5.01 Å². The van der Waals surface area contributed by atoms with Crippen molar-refractivity contribution in [3.8, 4) is 0 Å². The zero-order valence-electron chi connectivity index (χ0n) is 9.96.